The van der Waals surface area contributed by atoms with E-state index < -0.39 is 0 Å². The summed E-state index contributed by atoms with van der Waals surface area (Å²) < 4.78 is 5.50. The highest BCUT2D eigenvalue weighted by Gasteiger charge is 2.32. The molecule has 3 aromatic rings. The molecule has 0 aliphatic carbocycles. The van der Waals surface area contributed by atoms with Gasteiger partial charge in [0.15, 0.2) is 0 Å². The monoisotopic (exact) mass is 485 g/mol. The lowest BCUT2D eigenvalue weighted by Crippen LogP contribution is -2.52. The van der Waals surface area contributed by atoms with E-state index in [0.717, 1.165) is 27.6 Å². The Bertz CT molecular complexity index is 1250. The van der Waals surface area contributed by atoms with E-state index in [1.54, 1.807) is 12.0 Å². The number of benzene rings is 3. The minimum absolute atomic E-state index is 0.0250. The number of hydrogen-bond donors (Lipinski definition) is 0. The number of thioether (sulfide) groups is 1. The van der Waals surface area contributed by atoms with Crippen LogP contribution in [0.25, 0.3) is 6.08 Å². The van der Waals surface area contributed by atoms with Gasteiger partial charge in [-0.25, -0.2) is 0 Å². The summed E-state index contributed by atoms with van der Waals surface area (Å²) in [5, 5.41) is 0. The molecule has 7 heteroatoms. The van der Waals surface area contributed by atoms with Crippen LogP contribution in [0.15, 0.2) is 88.7 Å². The normalized spacial score (nSPS) is 16.9. The van der Waals surface area contributed by atoms with E-state index >= 15 is 0 Å². The zero-order chi connectivity index (χ0) is 24.2. The van der Waals surface area contributed by atoms with Gasteiger partial charge in [0.05, 0.1) is 23.4 Å². The fourth-order valence-corrected chi connectivity index (χ4v) is 5.50. The van der Waals surface area contributed by atoms with E-state index in [-0.39, 0.29) is 18.4 Å². The van der Waals surface area contributed by atoms with E-state index in [2.05, 4.69) is 4.90 Å². The van der Waals surface area contributed by atoms with Crippen molar-refractivity contribution in [2.24, 2.45) is 0 Å². The highest BCUT2D eigenvalue weighted by atomic mass is 32.2. The predicted molar refractivity (Wildman–Crippen MR) is 141 cm³/mol. The van der Waals surface area contributed by atoms with Crippen molar-refractivity contribution in [2.75, 3.05) is 49.6 Å². The summed E-state index contributed by atoms with van der Waals surface area (Å²) in [6.07, 6.45) is 1.90. The number of ether oxygens (including phenoxy) is 1. The van der Waals surface area contributed by atoms with E-state index in [1.165, 1.54) is 11.8 Å². The number of fused-ring (bicyclic) bond motifs is 1. The molecule has 0 atom stereocenters. The molecule has 0 saturated carbocycles. The van der Waals surface area contributed by atoms with Crippen molar-refractivity contribution in [1.82, 2.24) is 4.90 Å². The predicted octanol–water partition coefficient (Wildman–Crippen LogP) is 4.52. The fourth-order valence-electron chi connectivity index (χ4n) is 4.44. The van der Waals surface area contributed by atoms with Crippen molar-refractivity contribution < 1.29 is 14.3 Å². The Kier molecular flexibility index (Phi) is 6.77. The van der Waals surface area contributed by atoms with Crippen molar-refractivity contribution in [3.63, 3.8) is 0 Å². The molecule has 2 aliphatic heterocycles. The Morgan fingerprint density at radius 1 is 0.886 bits per heavy atom. The van der Waals surface area contributed by atoms with Crippen molar-refractivity contribution >= 4 is 41.0 Å². The third-order valence-electron chi connectivity index (χ3n) is 6.28. The van der Waals surface area contributed by atoms with E-state index in [4.69, 9.17) is 4.74 Å². The zero-order valence-corrected chi connectivity index (χ0v) is 20.4. The van der Waals surface area contributed by atoms with Gasteiger partial charge in [-0.2, -0.15) is 0 Å². The molecule has 0 unspecified atom stereocenters. The van der Waals surface area contributed by atoms with Crippen LogP contribution < -0.4 is 14.5 Å². The maximum absolute atomic E-state index is 13.5. The molecule has 0 radical (unpaired) electrons. The van der Waals surface area contributed by atoms with Gasteiger partial charge in [0, 0.05) is 31.1 Å². The number of amides is 2. The highest BCUT2D eigenvalue weighted by molar-refractivity contribution is 8.04. The topological polar surface area (TPSA) is 53.1 Å². The molecule has 0 N–H and O–H groups in total. The molecule has 1 fully saturated rings. The molecule has 3 aromatic carbocycles. The van der Waals surface area contributed by atoms with Crippen LogP contribution in [-0.4, -0.2) is 56.5 Å². The number of methoxy groups -OCH3 is 1. The first-order valence-electron chi connectivity index (χ1n) is 11.7. The summed E-state index contributed by atoms with van der Waals surface area (Å²) in [5.41, 5.74) is 2.78. The van der Waals surface area contributed by atoms with Gasteiger partial charge in [-0.1, -0.05) is 66.4 Å². The Morgan fingerprint density at radius 3 is 2.29 bits per heavy atom. The van der Waals surface area contributed by atoms with Crippen LogP contribution in [0.2, 0.25) is 0 Å². The minimum Gasteiger partial charge on any atom is -0.495 e. The first-order chi connectivity index (χ1) is 17.1. The number of hydrogen-bond acceptors (Lipinski definition) is 5. The first-order valence-corrected chi connectivity index (χ1v) is 12.5. The molecule has 35 heavy (non-hydrogen) atoms. The number of rotatable bonds is 5. The summed E-state index contributed by atoms with van der Waals surface area (Å²) >= 11 is 1.45. The molecule has 2 aliphatic rings. The molecule has 5 rings (SSSR count). The van der Waals surface area contributed by atoms with E-state index in [0.29, 0.717) is 31.1 Å². The van der Waals surface area contributed by atoms with Crippen LogP contribution in [0.4, 0.5) is 11.4 Å². The summed E-state index contributed by atoms with van der Waals surface area (Å²) in [7, 11) is 1.67. The summed E-state index contributed by atoms with van der Waals surface area (Å²) in [5.74, 6) is 0.649. The molecule has 0 aromatic heterocycles. The summed E-state index contributed by atoms with van der Waals surface area (Å²) in [6, 6.07) is 25.5. The van der Waals surface area contributed by atoms with Crippen LogP contribution in [0, 0.1) is 0 Å². The second kappa shape index (κ2) is 10.3. The Morgan fingerprint density at radius 2 is 1.54 bits per heavy atom. The number of nitrogens with zero attached hydrogens (tertiary/aromatic N) is 3. The van der Waals surface area contributed by atoms with Gasteiger partial charge in [0.25, 0.3) is 5.91 Å². The average Bonchev–Trinajstić information content (AvgIpc) is 2.91. The number of para-hydroxylation sites is 3. The third-order valence-corrected chi connectivity index (χ3v) is 7.36. The molecule has 6 nitrogen and oxygen atoms in total. The van der Waals surface area contributed by atoms with E-state index in [9.17, 15) is 9.59 Å². The molecule has 0 spiro atoms. The lowest BCUT2D eigenvalue weighted by atomic mass is 10.2. The lowest BCUT2D eigenvalue weighted by molar-refractivity contribution is -0.131. The highest BCUT2D eigenvalue weighted by Crippen LogP contribution is 2.42. The molecular weight excluding hydrogens is 458 g/mol. The van der Waals surface area contributed by atoms with Crippen molar-refractivity contribution in [3.8, 4) is 5.75 Å². The Hall–Kier alpha value is -3.71. The molecule has 2 amide bonds. The summed E-state index contributed by atoms with van der Waals surface area (Å²) in [6.45, 7) is 2.65. The fraction of sp³-hybridized carbons (Fsp3) is 0.214. The van der Waals surface area contributed by atoms with Gasteiger partial charge in [0.1, 0.15) is 12.3 Å². The van der Waals surface area contributed by atoms with Crippen LogP contribution in [0.5, 0.6) is 5.75 Å². The first kappa shape index (κ1) is 23.1. The largest absolute Gasteiger partial charge is 0.495 e. The minimum atomic E-state index is -0.140. The number of piperazine rings is 1. The number of carbonyl (C=O) groups is 2. The van der Waals surface area contributed by atoms with Crippen LogP contribution in [0.1, 0.15) is 5.56 Å². The van der Waals surface area contributed by atoms with Crippen molar-refractivity contribution in [3.05, 3.63) is 89.3 Å². The van der Waals surface area contributed by atoms with Crippen LogP contribution in [-0.2, 0) is 9.59 Å². The number of anilines is 2. The van der Waals surface area contributed by atoms with Crippen LogP contribution in [0.3, 0.4) is 0 Å². The van der Waals surface area contributed by atoms with Crippen molar-refractivity contribution in [1.29, 1.82) is 0 Å². The summed E-state index contributed by atoms with van der Waals surface area (Å²) in [4.78, 5) is 34.1. The lowest BCUT2D eigenvalue weighted by Gasteiger charge is -2.38. The zero-order valence-electron chi connectivity index (χ0n) is 19.6. The Balaban J connectivity index is 1.31. The average molecular weight is 486 g/mol. The maximum Gasteiger partial charge on any atom is 0.265 e. The van der Waals surface area contributed by atoms with Gasteiger partial charge in [-0.05, 0) is 35.9 Å². The molecule has 2 heterocycles. The van der Waals surface area contributed by atoms with Gasteiger partial charge in [0.2, 0.25) is 5.91 Å². The smallest absolute Gasteiger partial charge is 0.265 e. The SMILES string of the molecule is COc1ccccc1N1CCN(C(=O)CN2C(=O)/C(=C/c3ccccc3)Sc3ccccc32)CC1. The molecule has 0 bridgehead atoms. The second-order valence-corrected chi connectivity index (χ2v) is 9.50. The third kappa shape index (κ3) is 4.91. The van der Waals surface area contributed by atoms with Gasteiger partial charge >= 0.3 is 0 Å². The molecule has 1 saturated heterocycles. The van der Waals surface area contributed by atoms with Gasteiger partial charge in [-0.3, -0.25) is 14.5 Å². The number of carbonyl (C=O) groups excluding carboxylic acids is 2. The maximum atomic E-state index is 13.5. The molecular formula is C28H27N3O3S. The van der Waals surface area contributed by atoms with Crippen molar-refractivity contribution in [2.45, 2.75) is 4.90 Å². The standard InChI is InChI=1S/C28H27N3O3S/c1-34-24-13-7-5-11-22(24)29-15-17-30(18-16-29)27(32)20-31-23-12-6-8-14-25(23)35-26(28(31)33)19-21-9-3-2-4-10-21/h2-14,19H,15-18,20H2,1H3/b26-19-. The van der Waals surface area contributed by atoms with Crippen LogP contribution >= 0.6 is 11.8 Å². The quantitative estimate of drug-likeness (QED) is 0.498. The second-order valence-electron chi connectivity index (χ2n) is 8.42. The van der Waals surface area contributed by atoms with E-state index in [1.807, 2.05) is 89.8 Å². The molecule has 178 valence electrons. The Labute approximate surface area is 209 Å². The van der Waals surface area contributed by atoms with Gasteiger partial charge < -0.3 is 14.5 Å². The van der Waals surface area contributed by atoms with Gasteiger partial charge in [-0.15, -0.1) is 0 Å².